The molecule has 0 saturated carbocycles. The van der Waals surface area contributed by atoms with Crippen molar-refractivity contribution in [2.45, 2.75) is 6.18 Å². The topological polar surface area (TPSA) is 94.9 Å². The number of nitrogens with two attached hydrogens (primary N) is 1. The molecule has 4 rings (SSSR count). The van der Waals surface area contributed by atoms with Crippen molar-refractivity contribution in [3.8, 4) is 5.69 Å². The summed E-state index contributed by atoms with van der Waals surface area (Å²) in [6.45, 7) is 0. The lowest BCUT2D eigenvalue weighted by Crippen LogP contribution is -2.20. The predicted molar refractivity (Wildman–Crippen MR) is 102 cm³/mol. The standard InChI is InChI=1S/C19H14F3N5O2/c1-26-9-14-16(25-26)13-8-11(24-18(23)29)4-7-15(13)27(17(14)28)12-5-2-10(3-6-12)19(20,21)22/h2-9H,1H3,(H3,23,24,29). The number of aryl methyl sites for hydroxylation is 1. The third kappa shape index (κ3) is 3.18. The molecule has 0 saturated heterocycles. The molecule has 148 valence electrons. The largest absolute Gasteiger partial charge is 0.416 e. The first-order chi connectivity index (χ1) is 13.6. The van der Waals surface area contributed by atoms with E-state index in [0.29, 0.717) is 22.1 Å². The van der Waals surface area contributed by atoms with Crippen molar-refractivity contribution in [1.29, 1.82) is 0 Å². The van der Waals surface area contributed by atoms with Gasteiger partial charge in [0, 0.05) is 30.0 Å². The molecule has 3 N–H and O–H groups in total. The van der Waals surface area contributed by atoms with Gasteiger partial charge in [0.05, 0.1) is 16.5 Å². The van der Waals surface area contributed by atoms with Crippen LogP contribution in [-0.2, 0) is 13.2 Å². The lowest BCUT2D eigenvalue weighted by atomic mass is 10.1. The van der Waals surface area contributed by atoms with Crippen LogP contribution in [0.1, 0.15) is 5.56 Å². The second kappa shape index (κ2) is 6.36. The van der Waals surface area contributed by atoms with Gasteiger partial charge < -0.3 is 11.1 Å². The summed E-state index contributed by atoms with van der Waals surface area (Å²) in [6.07, 6.45) is -2.94. The minimum atomic E-state index is -4.48. The number of aromatic nitrogens is 3. The molecular weight excluding hydrogens is 387 g/mol. The molecule has 2 heterocycles. The van der Waals surface area contributed by atoms with Crippen LogP contribution in [0, 0.1) is 0 Å². The van der Waals surface area contributed by atoms with E-state index in [9.17, 15) is 22.8 Å². The van der Waals surface area contributed by atoms with Crippen molar-refractivity contribution in [3.63, 3.8) is 0 Å². The van der Waals surface area contributed by atoms with Crippen LogP contribution in [-0.4, -0.2) is 20.4 Å². The van der Waals surface area contributed by atoms with Gasteiger partial charge in [-0.25, -0.2) is 4.79 Å². The Kier molecular flexibility index (Phi) is 4.07. The molecule has 7 nitrogen and oxygen atoms in total. The van der Waals surface area contributed by atoms with Gasteiger partial charge in [0.1, 0.15) is 5.52 Å². The number of carbonyl (C=O) groups excluding carboxylic acids is 1. The molecule has 29 heavy (non-hydrogen) atoms. The quantitative estimate of drug-likeness (QED) is 0.539. The van der Waals surface area contributed by atoms with E-state index in [1.807, 2.05) is 0 Å². The second-order valence-electron chi connectivity index (χ2n) is 6.47. The van der Waals surface area contributed by atoms with Crippen LogP contribution >= 0.6 is 0 Å². The van der Waals surface area contributed by atoms with E-state index < -0.39 is 23.3 Å². The van der Waals surface area contributed by atoms with E-state index in [-0.39, 0.29) is 11.1 Å². The average molecular weight is 401 g/mol. The van der Waals surface area contributed by atoms with Gasteiger partial charge in [-0.1, -0.05) is 0 Å². The van der Waals surface area contributed by atoms with E-state index in [2.05, 4.69) is 10.4 Å². The van der Waals surface area contributed by atoms with Crippen LogP contribution in [0.25, 0.3) is 27.5 Å². The van der Waals surface area contributed by atoms with Crippen LogP contribution in [0.3, 0.4) is 0 Å². The number of halogens is 3. The summed E-state index contributed by atoms with van der Waals surface area (Å²) in [5.74, 6) is 0. The van der Waals surface area contributed by atoms with Crippen LogP contribution < -0.4 is 16.6 Å². The molecule has 2 aromatic carbocycles. The number of hydrogen-bond donors (Lipinski definition) is 2. The summed E-state index contributed by atoms with van der Waals surface area (Å²) in [6, 6.07) is 8.29. The molecular formula is C19H14F3N5O2. The number of fused-ring (bicyclic) bond motifs is 3. The maximum atomic E-state index is 13.1. The smallest absolute Gasteiger partial charge is 0.351 e. The Morgan fingerprint density at radius 1 is 1.10 bits per heavy atom. The van der Waals surface area contributed by atoms with E-state index in [0.717, 1.165) is 12.1 Å². The van der Waals surface area contributed by atoms with E-state index in [1.165, 1.54) is 27.6 Å². The number of pyridine rings is 1. The molecule has 0 aliphatic carbocycles. The summed E-state index contributed by atoms with van der Waals surface area (Å²) < 4.78 is 41.5. The summed E-state index contributed by atoms with van der Waals surface area (Å²) in [4.78, 5) is 24.3. The molecule has 2 aromatic heterocycles. The summed E-state index contributed by atoms with van der Waals surface area (Å²) in [5, 5.41) is 7.59. The Morgan fingerprint density at radius 3 is 2.41 bits per heavy atom. The van der Waals surface area contributed by atoms with Gasteiger partial charge in [-0.15, -0.1) is 0 Å². The number of benzene rings is 2. The second-order valence-corrected chi connectivity index (χ2v) is 6.47. The number of anilines is 1. The van der Waals surface area contributed by atoms with Crippen LogP contribution in [0.4, 0.5) is 23.7 Å². The highest BCUT2D eigenvalue weighted by Crippen LogP contribution is 2.31. The highest BCUT2D eigenvalue weighted by Gasteiger charge is 2.30. The third-order valence-corrected chi connectivity index (χ3v) is 4.48. The maximum Gasteiger partial charge on any atom is 0.416 e. The number of carbonyl (C=O) groups is 1. The zero-order chi connectivity index (χ0) is 20.9. The Bertz CT molecular complexity index is 1320. The molecule has 0 radical (unpaired) electrons. The van der Waals surface area contributed by atoms with Gasteiger partial charge in [-0.2, -0.15) is 18.3 Å². The highest BCUT2D eigenvalue weighted by molar-refractivity contribution is 6.05. The summed E-state index contributed by atoms with van der Waals surface area (Å²) in [5.41, 5.74) is 5.43. The Balaban J connectivity index is 2.03. The first-order valence-electron chi connectivity index (χ1n) is 8.41. The van der Waals surface area contributed by atoms with Gasteiger partial charge >= 0.3 is 12.2 Å². The molecule has 0 unspecified atom stereocenters. The fraction of sp³-hybridized carbons (Fsp3) is 0.105. The third-order valence-electron chi connectivity index (χ3n) is 4.48. The predicted octanol–water partition coefficient (Wildman–Crippen LogP) is 3.39. The van der Waals surface area contributed by atoms with Gasteiger partial charge in [0.25, 0.3) is 5.56 Å². The van der Waals surface area contributed by atoms with Crippen molar-refractivity contribution < 1.29 is 18.0 Å². The van der Waals surface area contributed by atoms with Crippen LogP contribution in [0.5, 0.6) is 0 Å². The number of primary amides is 1. The van der Waals surface area contributed by atoms with E-state index >= 15 is 0 Å². The zero-order valence-corrected chi connectivity index (χ0v) is 15.0. The number of nitrogens with zero attached hydrogens (tertiary/aromatic N) is 3. The molecule has 0 aliphatic rings. The maximum absolute atomic E-state index is 13.1. The van der Waals surface area contributed by atoms with E-state index in [4.69, 9.17) is 5.73 Å². The lowest BCUT2D eigenvalue weighted by molar-refractivity contribution is -0.137. The van der Waals surface area contributed by atoms with E-state index in [1.54, 1.807) is 25.2 Å². The first kappa shape index (κ1) is 18.5. The number of amides is 2. The molecule has 0 spiro atoms. The first-order valence-corrected chi connectivity index (χ1v) is 8.41. The normalized spacial score (nSPS) is 11.9. The molecule has 0 bridgehead atoms. The molecule has 0 fully saturated rings. The van der Waals surface area contributed by atoms with Crippen molar-refractivity contribution in [1.82, 2.24) is 14.3 Å². The summed E-state index contributed by atoms with van der Waals surface area (Å²) >= 11 is 0. The fourth-order valence-electron chi connectivity index (χ4n) is 3.27. The Hall–Kier alpha value is -3.82. The fourth-order valence-corrected chi connectivity index (χ4v) is 3.27. The van der Waals surface area contributed by atoms with Crippen LogP contribution in [0.15, 0.2) is 53.5 Å². The average Bonchev–Trinajstić information content (AvgIpc) is 3.04. The molecule has 4 aromatic rings. The van der Waals surface area contributed by atoms with Gasteiger partial charge in [-0.05, 0) is 42.5 Å². The van der Waals surface area contributed by atoms with Crippen molar-refractivity contribution >= 4 is 33.5 Å². The minimum Gasteiger partial charge on any atom is -0.351 e. The SMILES string of the molecule is Cn1cc2c(=O)n(-c3ccc(C(F)(F)F)cc3)c3ccc(NC(N)=O)cc3c2n1. The highest BCUT2D eigenvalue weighted by atomic mass is 19.4. The molecule has 0 atom stereocenters. The Labute approximate surface area is 161 Å². The number of rotatable bonds is 2. The van der Waals surface area contributed by atoms with Gasteiger partial charge in [0.2, 0.25) is 0 Å². The number of hydrogen-bond acceptors (Lipinski definition) is 3. The van der Waals surface area contributed by atoms with Gasteiger partial charge in [-0.3, -0.25) is 14.0 Å². The molecule has 0 aliphatic heterocycles. The summed E-state index contributed by atoms with van der Waals surface area (Å²) in [7, 11) is 1.65. The number of urea groups is 1. The molecule has 10 heteroatoms. The van der Waals surface area contributed by atoms with Gasteiger partial charge in [0.15, 0.2) is 0 Å². The number of nitrogens with one attached hydrogen (secondary N) is 1. The van der Waals surface area contributed by atoms with Crippen molar-refractivity contribution in [2.24, 2.45) is 12.8 Å². The number of alkyl halides is 3. The molecule has 2 amide bonds. The van der Waals surface area contributed by atoms with Crippen molar-refractivity contribution in [3.05, 3.63) is 64.6 Å². The zero-order valence-electron chi connectivity index (χ0n) is 15.0. The minimum absolute atomic E-state index is 0.273. The van der Waals surface area contributed by atoms with Crippen LogP contribution in [0.2, 0.25) is 0 Å². The Morgan fingerprint density at radius 2 is 1.79 bits per heavy atom. The van der Waals surface area contributed by atoms with Crippen molar-refractivity contribution in [2.75, 3.05) is 5.32 Å². The monoisotopic (exact) mass is 401 g/mol. The lowest BCUT2D eigenvalue weighted by Gasteiger charge is -2.13.